The van der Waals surface area contributed by atoms with Gasteiger partial charge in [-0.25, -0.2) is 0 Å². The van der Waals surface area contributed by atoms with Gasteiger partial charge in [0.05, 0.1) is 0 Å². The van der Waals surface area contributed by atoms with Crippen molar-refractivity contribution in [1.82, 2.24) is 0 Å². The molecule has 0 bridgehead atoms. The number of hydrogen-bond donors (Lipinski definition) is 0. The van der Waals surface area contributed by atoms with Crippen molar-refractivity contribution >= 4 is 22.6 Å². The van der Waals surface area contributed by atoms with Crippen LogP contribution in [0.15, 0.2) is 36.4 Å². The fourth-order valence-electron chi connectivity index (χ4n) is 1.30. The first kappa shape index (κ1) is 11.8. The Labute approximate surface area is 101 Å². The number of aryl methyl sites for hydroxylation is 2. The molecule has 0 aliphatic heterocycles. The standard InChI is InChI=1S/C13H17I/c1-12-7-9-13(10-8-12)6-4-2-3-5-11-14/h2-3,7-10H,4-6,11H2,1H3/b3-2+. The van der Waals surface area contributed by atoms with Gasteiger partial charge < -0.3 is 0 Å². The first-order valence-corrected chi connectivity index (χ1v) is 6.62. The Morgan fingerprint density at radius 3 is 2.36 bits per heavy atom. The second-order valence-corrected chi connectivity index (χ2v) is 4.55. The molecule has 1 aromatic rings. The lowest BCUT2D eigenvalue weighted by Gasteiger charge is -1.98. The van der Waals surface area contributed by atoms with Crippen molar-refractivity contribution in [1.29, 1.82) is 0 Å². The molecule has 0 saturated carbocycles. The molecular weight excluding hydrogens is 283 g/mol. The molecule has 0 atom stereocenters. The lowest BCUT2D eigenvalue weighted by molar-refractivity contribution is 0.992. The summed E-state index contributed by atoms with van der Waals surface area (Å²) < 4.78 is 1.22. The van der Waals surface area contributed by atoms with Crippen LogP contribution in [0.4, 0.5) is 0 Å². The van der Waals surface area contributed by atoms with Crippen LogP contribution in [0, 0.1) is 6.92 Å². The average Bonchev–Trinajstić information content (AvgIpc) is 2.21. The van der Waals surface area contributed by atoms with Gasteiger partial charge in [0.25, 0.3) is 0 Å². The molecule has 0 amide bonds. The van der Waals surface area contributed by atoms with Crippen LogP contribution in [0.2, 0.25) is 0 Å². The van der Waals surface area contributed by atoms with E-state index in [-0.39, 0.29) is 0 Å². The Morgan fingerprint density at radius 1 is 1.07 bits per heavy atom. The molecule has 0 fully saturated rings. The van der Waals surface area contributed by atoms with E-state index in [0.717, 1.165) is 6.42 Å². The highest BCUT2D eigenvalue weighted by Gasteiger charge is 1.89. The van der Waals surface area contributed by atoms with Crippen molar-refractivity contribution in [3.8, 4) is 0 Å². The highest BCUT2D eigenvalue weighted by atomic mass is 127. The highest BCUT2D eigenvalue weighted by molar-refractivity contribution is 14.1. The molecule has 0 spiro atoms. The fourth-order valence-corrected chi connectivity index (χ4v) is 1.66. The SMILES string of the molecule is Cc1ccc(CC/C=C/CCI)cc1. The summed E-state index contributed by atoms with van der Waals surface area (Å²) in [5.74, 6) is 0. The molecule has 0 aromatic heterocycles. The first-order chi connectivity index (χ1) is 6.83. The van der Waals surface area contributed by atoms with Crippen LogP contribution in [0.25, 0.3) is 0 Å². The van der Waals surface area contributed by atoms with Crippen LogP contribution in [-0.2, 0) is 6.42 Å². The lowest BCUT2D eigenvalue weighted by Crippen LogP contribution is -1.83. The number of benzene rings is 1. The normalized spacial score (nSPS) is 11.0. The molecule has 14 heavy (non-hydrogen) atoms. The van der Waals surface area contributed by atoms with E-state index >= 15 is 0 Å². The maximum Gasteiger partial charge on any atom is 0.00299 e. The van der Waals surface area contributed by atoms with Gasteiger partial charge in [-0.15, -0.1) is 0 Å². The van der Waals surface area contributed by atoms with Crippen LogP contribution < -0.4 is 0 Å². The van der Waals surface area contributed by atoms with Crippen molar-refractivity contribution in [3.63, 3.8) is 0 Å². The van der Waals surface area contributed by atoms with Gasteiger partial charge in [-0.05, 0) is 31.7 Å². The zero-order valence-corrected chi connectivity index (χ0v) is 10.8. The maximum atomic E-state index is 2.40. The second kappa shape index (κ2) is 7.04. The van der Waals surface area contributed by atoms with E-state index < -0.39 is 0 Å². The Hall–Kier alpha value is -0.310. The average molecular weight is 300 g/mol. The summed E-state index contributed by atoms with van der Waals surface area (Å²) in [5, 5.41) is 0. The number of allylic oxidation sites excluding steroid dienone is 2. The number of rotatable bonds is 5. The van der Waals surface area contributed by atoms with E-state index in [2.05, 4.69) is 65.9 Å². The molecular formula is C13H17I. The quantitative estimate of drug-likeness (QED) is 0.432. The molecule has 1 aromatic carbocycles. The minimum absolute atomic E-state index is 1.16. The zero-order chi connectivity index (χ0) is 10.2. The van der Waals surface area contributed by atoms with Gasteiger partial charge in [-0.3, -0.25) is 0 Å². The van der Waals surface area contributed by atoms with Gasteiger partial charge in [-0.2, -0.15) is 0 Å². The zero-order valence-electron chi connectivity index (χ0n) is 8.67. The minimum atomic E-state index is 1.16. The molecule has 0 nitrogen and oxygen atoms in total. The van der Waals surface area contributed by atoms with Crippen LogP contribution in [0.1, 0.15) is 24.0 Å². The summed E-state index contributed by atoms with van der Waals surface area (Å²) in [7, 11) is 0. The third-order valence-corrected chi connectivity index (χ3v) is 2.79. The monoisotopic (exact) mass is 300 g/mol. The lowest BCUT2D eigenvalue weighted by atomic mass is 10.1. The van der Waals surface area contributed by atoms with Crippen molar-refractivity contribution in [2.24, 2.45) is 0 Å². The summed E-state index contributed by atoms with van der Waals surface area (Å²) in [4.78, 5) is 0. The van der Waals surface area contributed by atoms with Crippen molar-refractivity contribution in [2.75, 3.05) is 4.43 Å². The van der Waals surface area contributed by atoms with Crippen LogP contribution in [0.3, 0.4) is 0 Å². The summed E-state index contributed by atoms with van der Waals surface area (Å²) in [6.45, 7) is 2.13. The number of halogens is 1. The van der Waals surface area contributed by atoms with Crippen LogP contribution in [-0.4, -0.2) is 4.43 Å². The molecule has 0 heterocycles. The van der Waals surface area contributed by atoms with Crippen molar-refractivity contribution in [2.45, 2.75) is 26.2 Å². The van der Waals surface area contributed by atoms with Gasteiger partial charge in [0, 0.05) is 4.43 Å². The summed E-state index contributed by atoms with van der Waals surface area (Å²) >= 11 is 2.40. The molecule has 0 unspecified atom stereocenters. The largest absolute Gasteiger partial charge is 0.0882 e. The molecule has 0 aliphatic carbocycles. The summed E-state index contributed by atoms with van der Waals surface area (Å²) in [6.07, 6.45) is 8.10. The minimum Gasteiger partial charge on any atom is -0.0882 e. The van der Waals surface area contributed by atoms with E-state index in [1.807, 2.05) is 0 Å². The molecule has 0 aliphatic rings. The molecule has 1 heteroatoms. The second-order valence-electron chi connectivity index (χ2n) is 3.47. The van der Waals surface area contributed by atoms with E-state index in [0.29, 0.717) is 0 Å². The fraction of sp³-hybridized carbons (Fsp3) is 0.385. The molecule has 76 valence electrons. The van der Waals surface area contributed by atoms with E-state index in [1.165, 1.54) is 28.4 Å². The number of alkyl halides is 1. The first-order valence-electron chi connectivity index (χ1n) is 5.09. The highest BCUT2D eigenvalue weighted by Crippen LogP contribution is 2.06. The molecule has 1 rings (SSSR count). The van der Waals surface area contributed by atoms with Crippen LogP contribution >= 0.6 is 22.6 Å². The Bertz CT molecular complexity index is 272. The third kappa shape index (κ3) is 4.80. The molecule has 0 N–H and O–H groups in total. The Balaban J connectivity index is 2.28. The van der Waals surface area contributed by atoms with Gasteiger partial charge in [0.2, 0.25) is 0 Å². The predicted molar refractivity (Wildman–Crippen MR) is 72.1 cm³/mol. The van der Waals surface area contributed by atoms with Gasteiger partial charge >= 0.3 is 0 Å². The third-order valence-electron chi connectivity index (χ3n) is 2.16. The van der Waals surface area contributed by atoms with Crippen molar-refractivity contribution in [3.05, 3.63) is 47.5 Å². The van der Waals surface area contributed by atoms with Gasteiger partial charge in [0.15, 0.2) is 0 Å². The smallest absolute Gasteiger partial charge is 0.00299 e. The van der Waals surface area contributed by atoms with Gasteiger partial charge in [-0.1, -0.05) is 64.6 Å². The summed E-state index contributed by atoms with van der Waals surface area (Å²) in [6, 6.07) is 8.82. The topological polar surface area (TPSA) is 0 Å². The Kier molecular flexibility index (Phi) is 5.92. The predicted octanol–water partition coefficient (Wildman–Crippen LogP) is 4.31. The molecule has 0 radical (unpaired) electrons. The van der Waals surface area contributed by atoms with E-state index in [1.54, 1.807) is 0 Å². The maximum absolute atomic E-state index is 2.40. The number of hydrogen-bond acceptors (Lipinski definition) is 0. The van der Waals surface area contributed by atoms with Crippen molar-refractivity contribution < 1.29 is 0 Å². The summed E-state index contributed by atoms with van der Waals surface area (Å²) in [5.41, 5.74) is 2.78. The Morgan fingerprint density at radius 2 is 1.71 bits per heavy atom. The van der Waals surface area contributed by atoms with E-state index in [9.17, 15) is 0 Å². The van der Waals surface area contributed by atoms with Crippen LogP contribution in [0.5, 0.6) is 0 Å². The van der Waals surface area contributed by atoms with E-state index in [4.69, 9.17) is 0 Å². The molecule has 0 saturated heterocycles. The van der Waals surface area contributed by atoms with Gasteiger partial charge in [0.1, 0.15) is 0 Å².